The summed E-state index contributed by atoms with van der Waals surface area (Å²) in [4.78, 5) is 53.7. The second kappa shape index (κ2) is 12.4. The number of ether oxygens (including phenoxy) is 1. The lowest BCUT2D eigenvalue weighted by molar-refractivity contribution is -0.138. The average Bonchev–Trinajstić information content (AvgIpc) is 3.74. The van der Waals surface area contributed by atoms with Crippen molar-refractivity contribution in [2.24, 2.45) is 0 Å². The molecule has 2 saturated heterocycles. The van der Waals surface area contributed by atoms with Crippen molar-refractivity contribution in [2.75, 3.05) is 49.5 Å². The standard InChI is InChI=1S/C33H34FN7O5/c34-19-2-9-25-24(18-19)28(32(44)36-25)22-7-8-23-29(22)38-39-30(23)33(45)35-12-1-13-40-14-16-41(17-15-40)20-3-5-21(6-4-20)46-26-10-11-27(42)37-31(26)43/h2-6,9,18,26H,1,7-8,10-17H2,(H,35,45)(H,36,44)(H,38,39)(H,37,42,43)/b28-22-. The van der Waals surface area contributed by atoms with Crippen LogP contribution in [-0.4, -0.2) is 84.1 Å². The number of benzene rings is 2. The molecule has 1 atom stereocenters. The summed E-state index contributed by atoms with van der Waals surface area (Å²) in [5.41, 5.74) is 5.11. The number of H-pyrrole nitrogens is 1. The average molecular weight is 628 g/mol. The highest BCUT2D eigenvalue weighted by atomic mass is 19.1. The number of hydrogen-bond acceptors (Lipinski definition) is 8. The van der Waals surface area contributed by atoms with Gasteiger partial charge in [-0.15, -0.1) is 0 Å². The van der Waals surface area contributed by atoms with Gasteiger partial charge in [0.05, 0.1) is 11.3 Å². The van der Waals surface area contributed by atoms with E-state index in [0.29, 0.717) is 59.8 Å². The highest BCUT2D eigenvalue weighted by Gasteiger charge is 2.34. The number of anilines is 2. The van der Waals surface area contributed by atoms with Crippen LogP contribution in [0.1, 0.15) is 53.0 Å². The van der Waals surface area contributed by atoms with Crippen LogP contribution in [0.2, 0.25) is 0 Å². The Labute approximate surface area is 264 Å². The fourth-order valence-corrected chi connectivity index (χ4v) is 6.61. The van der Waals surface area contributed by atoms with Crippen molar-refractivity contribution in [1.29, 1.82) is 0 Å². The Morgan fingerprint density at radius 3 is 2.59 bits per heavy atom. The first-order chi connectivity index (χ1) is 22.3. The molecule has 1 aromatic heterocycles. The Bertz CT molecular complexity index is 1740. The molecular weight excluding hydrogens is 593 g/mol. The molecular formula is C33H34FN7O5. The minimum atomic E-state index is -0.652. The number of amides is 4. The molecule has 0 bridgehead atoms. The number of aromatic amines is 1. The van der Waals surface area contributed by atoms with E-state index in [-0.39, 0.29) is 24.1 Å². The molecule has 12 nitrogen and oxygen atoms in total. The number of allylic oxidation sites excluding steroid dienone is 1. The highest BCUT2D eigenvalue weighted by molar-refractivity contribution is 6.37. The van der Waals surface area contributed by atoms with Gasteiger partial charge >= 0.3 is 0 Å². The van der Waals surface area contributed by atoms with Crippen LogP contribution in [0.3, 0.4) is 0 Å². The molecule has 0 radical (unpaired) electrons. The van der Waals surface area contributed by atoms with Gasteiger partial charge in [-0.3, -0.25) is 34.5 Å². The molecule has 238 valence electrons. The van der Waals surface area contributed by atoms with Gasteiger partial charge in [0.2, 0.25) is 5.91 Å². The van der Waals surface area contributed by atoms with E-state index >= 15 is 0 Å². The van der Waals surface area contributed by atoms with E-state index in [2.05, 4.69) is 35.9 Å². The Balaban J connectivity index is 0.868. The largest absolute Gasteiger partial charge is 0.481 e. The predicted octanol–water partition coefficient (Wildman–Crippen LogP) is 2.48. The number of hydrogen-bond donors (Lipinski definition) is 4. The van der Waals surface area contributed by atoms with Crippen LogP contribution in [0.25, 0.3) is 11.1 Å². The van der Waals surface area contributed by atoms with E-state index < -0.39 is 17.8 Å². The molecule has 46 heavy (non-hydrogen) atoms. The lowest BCUT2D eigenvalue weighted by Crippen LogP contribution is -2.47. The Kier molecular flexibility index (Phi) is 7.99. The lowest BCUT2D eigenvalue weighted by atomic mass is 9.99. The summed E-state index contributed by atoms with van der Waals surface area (Å²) in [6.07, 6.45) is 1.93. The van der Waals surface area contributed by atoms with Gasteiger partial charge in [-0.2, -0.15) is 5.10 Å². The normalized spacial score (nSPS) is 21.1. The van der Waals surface area contributed by atoms with E-state index in [1.54, 1.807) is 6.07 Å². The van der Waals surface area contributed by atoms with Crippen LogP contribution in [0.5, 0.6) is 5.75 Å². The topological polar surface area (TPSA) is 149 Å². The molecule has 13 heteroatoms. The quantitative estimate of drug-likeness (QED) is 0.169. The van der Waals surface area contributed by atoms with Crippen LogP contribution in [0.15, 0.2) is 42.5 Å². The van der Waals surface area contributed by atoms with Gasteiger partial charge in [-0.1, -0.05) is 0 Å². The first-order valence-corrected chi connectivity index (χ1v) is 15.6. The summed E-state index contributed by atoms with van der Waals surface area (Å²) in [5.74, 6) is -0.986. The van der Waals surface area contributed by atoms with Gasteiger partial charge in [0.15, 0.2) is 6.10 Å². The van der Waals surface area contributed by atoms with Gasteiger partial charge in [0, 0.05) is 68.1 Å². The minimum Gasteiger partial charge on any atom is -0.481 e. The summed E-state index contributed by atoms with van der Waals surface area (Å²) in [6, 6.07) is 11.9. The maximum absolute atomic E-state index is 13.9. The van der Waals surface area contributed by atoms with Crippen LogP contribution in [-0.2, 0) is 20.8 Å². The molecule has 0 saturated carbocycles. The monoisotopic (exact) mass is 627 g/mol. The number of piperidine rings is 1. The number of carbonyl (C=O) groups is 4. The van der Waals surface area contributed by atoms with Gasteiger partial charge in [0.25, 0.3) is 17.7 Å². The number of imide groups is 1. The lowest BCUT2D eigenvalue weighted by Gasteiger charge is -2.36. The number of fused-ring (bicyclic) bond motifs is 2. The van der Waals surface area contributed by atoms with Gasteiger partial charge in [0.1, 0.15) is 17.3 Å². The van der Waals surface area contributed by atoms with Crippen LogP contribution >= 0.6 is 0 Å². The molecule has 3 aromatic rings. The van der Waals surface area contributed by atoms with Crippen molar-refractivity contribution in [3.05, 3.63) is 70.8 Å². The van der Waals surface area contributed by atoms with Crippen LogP contribution in [0.4, 0.5) is 15.8 Å². The molecule has 4 N–H and O–H groups in total. The Morgan fingerprint density at radius 1 is 1.00 bits per heavy atom. The maximum atomic E-state index is 13.9. The zero-order valence-corrected chi connectivity index (χ0v) is 25.2. The Morgan fingerprint density at radius 2 is 1.80 bits per heavy atom. The number of rotatable bonds is 8. The third-order valence-corrected chi connectivity index (χ3v) is 9.01. The molecule has 0 spiro atoms. The van der Waals surface area contributed by atoms with E-state index in [1.807, 2.05) is 24.3 Å². The van der Waals surface area contributed by atoms with Gasteiger partial charge in [-0.05, 0) is 73.8 Å². The number of nitrogens with one attached hydrogen (secondary N) is 4. The molecule has 4 aliphatic rings. The highest BCUT2D eigenvalue weighted by Crippen LogP contribution is 2.43. The van der Waals surface area contributed by atoms with Crippen molar-refractivity contribution in [3.8, 4) is 5.75 Å². The first-order valence-electron chi connectivity index (χ1n) is 15.6. The van der Waals surface area contributed by atoms with Crippen molar-refractivity contribution in [2.45, 2.75) is 38.2 Å². The zero-order chi connectivity index (χ0) is 31.8. The summed E-state index contributed by atoms with van der Waals surface area (Å²) in [7, 11) is 0. The fourth-order valence-electron chi connectivity index (χ4n) is 6.61. The maximum Gasteiger partial charge on any atom is 0.269 e. The summed E-state index contributed by atoms with van der Waals surface area (Å²) in [5, 5.41) is 15.3. The zero-order valence-electron chi connectivity index (χ0n) is 25.2. The molecule has 3 aliphatic heterocycles. The number of nitrogens with zero attached hydrogens (tertiary/aromatic N) is 3. The fraction of sp³-hybridized carbons (Fsp3) is 0.364. The third-order valence-electron chi connectivity index (χ3n) is 9.01. The summed E-state index contributed by atoms with van der Waals surface area (Å²) >= 11 is 0. The van der Waals surface area contributed by atoms with Gasteiger partial charge in [-0.25, -0.2) is 4.39 Å². The van der Waals surface area contributed by atoms with Crippen molar-refractivity contribution in [3.63, 3.8) is 0 Å². The second-order valence-electron chi connectivity index (χ2n) is 11.9. The van der Waals surface area contributed by atoms with Crippen molar-refractivity contribution in [1.82, 2.24) is 25.7 Å². The number of aromatic nitrogens is 2. The molecule has 2 aromatic carbocycles. The smallest absolute Gasteiger partial charge is 0.269 e. The van der Waals surface area contributed by atoms with E-state index in [0.717, 1.165) is 56.0 Å². The first kappa shape index (κ1) is 29.7. The molecule has 1 unspecified atom stereocenters. The van der Waals surface area contributed by atoms with E-state index in [9.17, 15) is 23.6 Å². The van der Waals surface area contributed by atoms with E-state index in [4.69, 9.17) is 4.74 Å². The predicted molar refractivity (Wildman–Crippen MR) is 168 cm³/mol. The number of piperazine rings is 1. The minimum absolute atomic E-state index is 0.225. The van der Waals surface area contributed by atoms with Crippen molar-refractivity contribution >= 4 is 46.1 Å². The molecule has 4 heterocycles. The second-order valence-corrected chi connectivity index (χ2v) is 11.9. The molecule has 1 aliphatic carbocycles. The van der Waals surface area contributed by atoms with Crippen molar-refractivity contribution < 1.29 is 28.3 Å². The third kappa shape index (κ3) is 5.85. The summed E-state index contributed by atoms with van der Waals surface area (Å²) in [6.45, 7) is 4.91. The van der Waals surface area contributed by atoms with Crippen LogP contribution in [0, 0.1) is 5.82 Å². The molecule has 7 rings (SSSR count). The van der Waals surface area contributed by atoms with E-state index in [1.165, 1.54) is 12.1 Å². The Hall–Kier alpha value is -5.04. The van der Waals surface area contributed by atoms with Gasteiger partial charge < -0.3 is 20.3 Å². The number of carbonyl (C=O) groups excluding carboxylic acids is 4. The molecule has 2 fully saturated rings. The summed E-state index contributed by atoms with van der Waals surface area (Å²) < 4.78 is 19.7. The number of halogens is 1. The SMILES string of the molecule is O=C1CCC(Oc2ccc(N3CCN(CCCNC(=O)c4[nH]nc5c4CC/C5=C4/C(=O)Nc5ccc(F)cc54)CC3)cc2)C(=O)N1. The molecule has 4 amide bonds. The van der Waals surface area contributed by atoms with Crippen LogP contribution < -0.4 is 25.6 Å².